The van der Waals surface area contributed by atoms with Crippen LogP contribution in [0.4, 0.5) is 5.69 Å². The number of likely N-dealkylation sites (tertiary alicyclic amines) is 1. The Bertz CT molecular complexity index is 677. The van der Waals surface area contributed by atoms with E-state index >= 15 is 0 Å². The van der Waals surface area contributed by atoms with Gasteiger partial charge in [0.25, 0.3) is 0 Å². The third-order valence-electron chi connectivity index (χ3n) is 4.64. The summed E-state index contributed by atoms with van der Waals surface area (Å²) in [6, 6.07) is 6.20. The van der Waals surface area contributed by atoms with Gasteiger partial charge in [-0.2, -0.15) is 0 Å². The van der Waals surface area contributed by atoms with Crippen LogP contribution < -0.4 is 10.6 Å². The number of nitrogens with one attached hydrogen (secondary N) is 2. The molecule has 0 radical (unpaired) electrons. The molecule has 0 aromatic heterocycles. The molecule has 3 rings (SSSR count). The predicted octanol–water partition coefficient (Wildman–Crippen LogP) is 1.76. The molecule has 1 heterocycles. The van der Waals surface area contributed by atoms with Crippen LogP contribution in [0.5, 0.6) is 0 Å². The maximum absolute atomic E-state index is 12.0. The molecule has 1 saturated heterocycles. The number of rotatable bonds is 6. The highest BCUT2D eigenvalue weighted by molar-refractivity contribution is 6.03. The molecule has 0 unspecified atom stereocenters. The van der Waals surface area contributed by atoms with Crippen LogP contribution in [0.3, 0.4) is 0 Å². The van der Waals surface area contributed by atoms with Crippen LogP contribution in [0.25, 0.3) is 0 Å². The summed E-state index contributed by atoms with van der Waals surface area (Å²) in [5.41, 5.74) is 2.83. The Morgan fingerprint density at radius 3 is 2.44 bits per heavy atom. The number of hydrogen-bond acceptors (Lipinski definition) is 3. The van der Waals surface area contributed by atoms with E-state index < -0.39 is 0 Å². The van der Waals surface area contributed by atoms with E-state index in [1.165, 1.54) is 0 Å². The van der Waals surface area contributed by atoms with Gasteiger partial charge >= 0.3 is 0 Å². The maximum atomic E-state index is 12.0. The zero-order valence-corrected chi connectivity index (χ0v) is 14.8. The van der Waals surface area contributed by atoms with Gasteiger partial charge in [-0.1, -0.05) is 6.07 Å². The third-order valence-corrected chi connectivity index (χ3v) is 4.64. The van der Waals surface area contributed by atoms with Gasteiger partial charge in [0.15, 0.2) is 0 Å². The van der Waals surface area contributed by atoms with E-state index in [4.69, 9.17) is 0 Å². The number of benzene rings is 1. The second-order valence-electron chi connectivity index (χ2n) is 7.25. The van der Waals surface area contributed by atoms with Crippen molar-refractivity contribution in [2.45, 2.75) is 45.6 Å². The van der Waals surface area contributed by atoms with Crippen LogP contribution in [0.2, 0.25) is 0 Å². The molecule has 25 heavy (non-hydrogen) atoms. The number of carbonyl (C=O) groups is 3. The van der Waals surface area contributed by atoms with Crippen molar-refractivity contribution in [2.24, 2.45) is 5.92 Å². The molecular weight excluding hydrogens is 318 g/mol. The third kappa shape index (κ3) is 4.81. The van der Waals surface area contributed by atoms with Crippen LogP contribution in [-0.2, 0) is 14.4 Å². The van der Waals surface area contributed by atoms with E-state index in [-0.39, 0.29) is 30.1 Å². The van der Waals surface area contributed by atoms with Crippen LogP contribution in [-0.4, -0.2) is 41.8 Å². The van der Waals surface area contributed by atoms with E-state index in [0.29, 0.717) is 24.7 Å². The molecule has 0 spiro atoms. The van der Waals surface area contributed by atoms with Crippen molar-refractivity contribution < 1.29 is 14.4 Å². The van der Waals surface area contributed by atoms with Crippen molar-refractivity contribution in [1.82, 2.24) is 10.2 Å². The molecule has 1 saturated carbocycles. The van der Waals surface area contributed by atoms with E-state index in [2.05, 4.69) is 10.6 Å². The van der Waals surface area contributed by atoms with Crippen LogP contribution in [0, 0.1) is 19.8 Å². The van der Waals surface area contributed by atoms with Crippen molar-refractivity contribution in [3.05, 3.63) is 29.3 Å². The molecule has 2 N–H and O–H groups in total. The zero-order valence-electron chi connectivity index (χ0n) is 14.8. The lowest BCUT2D eigenvalue weighted by molar-refractivity contribution is -0.129. The number of amides is 3. The maximum Gasteiger partial charge on any atom is 0.233 e. The molecule has 1 aromatic carbocycles. The minimum absolute atomic E-state index is 0.152. The number of anilines is 1. The van der Waals surface area contributed by atoms with Gasteiger partial charge in [-0.05, 0) is 49.9 Å². The molecule has 1 aliphatic carbocycles. The monoisotopic (exact) mass is 343 g/mol. The van der Waals surface area contributed by atoms with Crippen molar-refractivity contribution in [2.75, 3.05) is 18.4 Å². The van der Waals surface area contributed by atoms with Crippen molar-refractivity contribution >= 4 is 23.4 Å². The second-order valence-corrected chi connectivity index (χ2v) is 7.25. The minimum atomic E-state index is -0.329. The SMILES string of the molecule is Cc1cc(C)cc(NC(=O)CC(=O)NC[C@H]2CC(=O)N(C3CC3)C2)c1. The first kappa shape index (κ1) is 17.5. The highest BCUT2D eigenvalue weighted by atomic mass is 16.2. The quantitative estimate of drug-likeness (QED) is 0.773. The summed E-state index contributed by atoms with van der Waals surface area (Å²) in [6.07, 6.45) is 2.48. The normalized spacial score (nSPS) is 19.8. The van der Waals surface area contributed by atoms with Crippen molar-refractivity contribution in [1.29, 1.82) is 0 Å². The Morgan fingerprint density at radius 1 is 1.12 bits per heavy atom. The Morgan fingerprint density at radius 2 is 1.80 bits per heavy atom. The smallest absolute Gasteiger partial charge is 0.233 e. The molecular formula is C19H25N3O3. The zero-order chi connectivity index (χ0) is 18.0. The first-order valence-corrected chi connectivity index (χ1v) is 8.85. The standard InChI is InChI=1S/C19H25N3O3/c1-12-5-13(2)7-15(6-12)21-18(24)9-17(23)20-10-14-8-19(25)22(11-14)16-3-4-16/h5-7,14,16H,3-4,8-11H2,1-2H3,(H,20,23)(H,21,24)/t14-/m1/s1. The van der Waals surface area contributed by atoms with Gasteiger partial charge in [-0.3, -0.25) is 14.4 Å². The molecule has 6 heteroatoms. The fraction of sp³-hybridized carbons (Fsp3) is 0.526. The fourth-order valence-electron chi connectivity index (χ4n) is 3.40. The predicted molar refractivity (Wildman–Crippen MR) is 95.0 cm³/mol. The largest absolute Gasteiger partial charge is 0.355 e. The van der Waals surface area contributed by atoms with E-state index in [1.807, 2.05) is 36.9 Å². The lowest BCUT2D eigenvalue weighted by Gasteiger charge is -2.15. The molecule has 1 aromatic rings. The Kier molecular flexibility index (Phi) is 5.06. The average molecular weight is 343 g/mol. The summed E-state index contributed by atoms with van der Waals surface area (Å²) >= 11 is 0. The molecule has 1 aliphatic heterocycles. The van der Waals surface area contributed by atoms with E-state index in [9.17, 15) is 14.4 Å². The van der Waals surface area contributed by atoms with Crippen LogP contribution in [0.15, 0.2) is 18.2 Å². The Labute approximate surface area is 148 Å². The van der Waals surface area contributed by atoms with Crippen LogP contribution >= 0.6 is 0 Å². The van der Waals surface area contributed by atoms with Gasteiger partial charge in [0.05, 0.1) is 0 Å². The highest BCUT2D eigenvalue weighted by Gasteiger charge is 2.39. The summed E-state index contributed by atoms with van der Waals surface area (Å²) in [5.74, 6) is -0.294. The number of nitrogens with zero attached hydrogens (tertiary/aromatic N) is 1. The molecule has 3 amide bonds. The average Bonchev–Trinajstić information content (AvgIpc) is 3.27. The van der Waals surface area contributed by atoms with Crippen molar-refractivity contribution in [3.63, 3.8) is 0 Å². The summed E-state index contributed by atoms with van der Waals surface area (Å²) in [6.45, 7) is 5.09. The van der Waals surface area contributed by atoms with Gasteiger partial charge in [-0.25, -0.2) is 0 Å². The number of aryl methyl sites for hydroxylation is 2. The molecule has 1 atom stereocenters. The first-order chi connectivity index (χ1) is 11.9. The topological polar surface area (TPSA) is 78.5 Å². The van der Waals surface area contributed by atoms with E-state index in [1.54, 1.807) is 0 Å². The van der Waals surface area contributed by atoms with Gasteiger partial charge in [0.2, 0.25) is 17.7 Å². The van der Waals surface area contributed by atoms with E-state index in [0.717, 1.165) is 30.5 Å². The second kappa shape index (κ2) is 7.25. The lowest BCUT2D eigenvalue weighted by Crippen LogP contribution is -2.33. The first-order valence-electron chi connectivity index (χ1n) is 8.85. The Balaban J connectivity index is 1.41. The summed E-state index contributed by atoms with van der Waals surface area (Å²) in [4.78, 5) is 37.8. The number of carbonyl (C=O) groups excluding carboxylic acids is 3. The van der Waals surface area contributed by atoms with Gasteiger partial charge in [-0.15, -0.1) is 0 Å². The lowest BCUT2D eigenvalue weighted by atomic mass is 10.1. The molecule has 134 valence electrons. The Hall–Kier alpha value is -2.37. The summed E-state index contributed by atoms with van der Waals surface area (Å²) < 4.78 is 0. The molecule has 0 bridgehead atoms. The van der Waals surface area contributed by atoms with Crippen LogP contribution in [0.1, 0.15) is 36.8 Å². The number of hydrogen-bond donors (Lipinski definition) is 2. The molecule has 2 aliphatic rings. The van der Waals surface area contributed by atoms with Crippen molar-refractivity contribution in [3.8, 4) is 0 Å². The fourth-order valence-corrected chi connectivity index (χ4v) is 3.40. The van der Waals surface area contributed by atoms with Gasteiger partial charge in [0.1, 0.15) is 6.42 Å². The highest BCUT2D eigenvalue weighted by Crippen LogP contribution is 2.32. The minimum Gasteiger partial charge on any atom is -0.355 e. The summed E-state index contributed by atoms with van der Waals surface area (Å²) in [7, 11) is 0. The molecule has 6 nitrogen and oxygen atoms in total. The van der Waals surface area contributed by atoms with Gasteiger partial charge in [0, 0.05) is 37.2 Å². The summed E-state index contributed by atoms with van der Waals surface area (Å²) in [5, 5.41) is 5.54. The molecule has 2 fully saturated rings. The van der Waals surface area contributed by atoms with Gasteiger partial charge < -0.3 is 15.5 Å².